The maximum atomic E-state index is 12.5. The molecule has 2 rings (SSSR count). The predicted molar refractivity (Wildman–Crippen MR) is 78.5 cm³/mol. The van der Waals surface area contributed by atoms with Gasteiger partial charge in [-0.25, -0.2) is 0 Å². The molecule has 0 atom stereocenters. The van der Waals surface area contributed by atoms with Gasteiger partial charge in [0.25, 0.3) is 0 Å². The molecule has 2 amide bonds. The Morgan fingerprint density at radius 1 is 1.43 bits per heavy atom. The highest BCUT2D eigenvalue weighted by Gasteiger charge is 2.26. The summed E-state index contributed by atoms with van der Waals surface area (Å²) in [4.78, 5) is 26.0. The highest BCUT2D eigenvalue weighted by atomic mass is 16.5. The van der Waals surface area contributed by atoms with Gasteiger partial charge in [0.15, 0.2) is 5.82 Å². The quantitative estimate of drug-likeness (QED) is 0.815. The number of anilines is 1. The Balaban J connectivity index is 1.92. The second-order valence-electron chi connectivity index (χ2n) is 5.28. The van der Waals surface area contributed by atoms with Gasteiger partial charge in [0, 0.05) is 18.5 Å². The molecule has 6 heteroatoms. The van der Waals surface area contributed by atoms with Gasteiger partial charge in [0.1, 0.15) is 12.8 Å². The van der Waals surface area contributed by atoms with Crippen LogP contribution in [0.25, 0.3) is 0 Å². The van der Waals surface area contributed by atoms with E-state index >= 15 is 0 Å². The van der Waals surface area contributed by atoms with Crippen molar-refractivity contribution in [3.63, 3.8) is 0 Å². The lowest BCUT2D eigenvalue weighted by Gasteiger charge is -2.28. The average Bonchev–Trinajstić information content (AvgIpc) is 3.00. The minimum Gasteiger partial charge on any atom is -0.363 e. The first-order valence-corrected chi connectivity index (χ1v) is 7.30. The summed E-state index contributed by atoms with van der Waals surface area (Å²) in [5, 5.41) is 6.21. The first-order chi connectivity index (χ1) is 10.2. The molecule has 0 radical (unpaired) electrons. The van der Waals surface area contributed by atoms with E-state index in [0.717, 1.165) is 25.7 Å². The smallest absolute Gasteiger partial charge is 0.245 e. The molecule has 114 valence electrons. The molecule has 6 nitrogen and oxygen atoms in total. The van der Waals surface area contributed by atoms with Crippen LogP contribution in [0.1, 0.15) is 32.1 Å². The van der Waals surface area contributed by atoms with E-state index in [1.165, 1.54) is 12.7 Å². The Kier molecular flexibility index (Phi) is 5.54. The van der Waals surface area contributed by atoms with Gasteiger partial charge in [-0.15, -0.1) is 6.58 Å². The Hall–Kier alpha value is -2.11. The van der Waals surface area contributed by atoms with Gasteiger partial charge in [-0.1, -0.05) is 30.5 Å². The number of nitrogens with zero attached hydrogens (tertiary/aromatic N) is 2. The number of hydrogen-bond donors (Lipinski definition) is 1. The Bertz CT molecular complexity index is 478. The number of amides is 2. The molecule has 1 fully saturated rings. The SMILES string of the molecule is C=CCN(CC(=O)Nc1ccon1)C(=O)C1CCCCC1. The maximum absolute atomic E-state index is 12.5. The van der Waals surface area contributed by atoms with E-state index in [0.29, 0.717) is 12.4 Å². The molecule has 0 aromatic carbocycles. The third-order valence-corrected chi connectivity index (χ3v) is 3.66. The Labute approximate surface area is 124 Å². The summed E-state index contributed by atoms with van der Waals surface area (Å²) in [6.45, 7) is 4.04. The van der Waals surface area contributed by atoms with Crippen LogP contribution in [-0.4, -0.2) is 35.0 Å². The third-order valence-electron chi connectivity index (χ3n) is 3.66. The zero-order valence-electron chi connectivity index (χ0n) is 12.1. The number of hydrogen-bond acceptors (Lipinski definition) is 4. The summed E-state index contributed by atoms with van der Waals surface area (Å²) in [6.07, 6.45) is 8.22. The summed E-state index contributed by atoms with van der Waals surface area (Å²) in [5.41, 5.74) is 0. The van der Waals surface area contributed by atoms with Gasteiger partial charge in [-0.05, 0) is 12.8 Å². The van der Waals surface area contributed by atoms with E-state index in [-0.39, 0.29) is 24.3 Å². The molecule has 0 bridgehead atoms. The van der Waals surface area contributed by atoms with Crippen molar-refractivity contribution in [3.05, 3.63) is 25.0 Å². The van der Waals surface area contributed by atoms with Gasteiger partial charge in [0.2, 0.25) is 11.8 Å². The van der Waals surface area contributed by atoms with Crippen LogP contribution in [-0.2, 0) is 9.59 Å². The minimum atomic E-state index is -0.282. The van der Waals surface area contributed by atoms with Gasteiger partial charge in [-0.2, -0.15) is 0 Å². The first kappa shape index (κ1) is 15.3. The van der Waals surface area contributed by atoms with E-state index in [1.54, 1.807) is 17.0 Å². The standard InChI is InChI=1S/C15H21N3O3/c1-2-9-18(15(20)12-6-4-3-5-7-12)11-14(19)16-13-8-10-21-17-13/h2,8,10,12H,1,3-7,9,11H2,(H,16,17,19). The van der Waals surface area contributed by atoms with Gasteiger partial charge >= 0.3 is 0 Å². The van der Waals surface area contributed by atoms with E-state index < -0.39 is 0 Å². The number of rotatable bonds is 6. The molecule has 21 heavy (non-hydrogen) atoms. The lowest BCUT2D eigenvalue weighted by atomic mass is 9.88. The van der Waals surface area contributed by atoms with Crippen LogP contribution in [0.3, 0.4) is 0 Å². The van der Waals surface area contributed by atoms with Crippen molar-refractivity contribution in [2.45, 2.75) is 32.1 Å². The highest BCUT2D eigenvalue weighted by molar-refractivity contribution is 5.94. The van der Waals surface area contributed by atoms with Crippen molar-refractivity contribution in [2.24, 2.45) is 5.92 Å². The van der Waals surface area contributed by atoms with Crippen molar-refractivity contribution >= 4 is 17.6 Å². The van der Waals surface area contributed by atoms with Gasteiger partial charge < -0.3 is 14.7 Å². The van der Waals surface area contributed by atoms with E-state index in [1.807, 2.05) is 0 Å². The first-order valence-electron chi connectivity index (χ1n) is 7.30. The molecule has 1 aliphatic carbocycles. The molecule has 1 saturated carbocycles. The zero-order chi connectivity index (χ0) is 15.1. The number of nitrogens with one attached hydrogen (secondary N) is 1. The predicted octanol–water partition coefficient (Wildman–Crippen LogP) is 2.21. The highest BCUT2D eigenvalue weighted by Crippen LogP contribution is 2.25. The molecule has 1 heterocycles. The Morgan fingerprint density at radius 2 is 2.19 bits per heavy atom. The summed E-state index contributed by atoms with van der Waals surface area (Å²) in [5.74, 6) is 0.155. The summed E-state index contributed by atoms with van der Waals surface area (Å²) in [7, 11) is 0. The minimum absolute atomic E-state index is 0.00815. The van der Waals surface area contributed by atoms with E-state index in [2.05, 4.69) is 21.6 Å². The van der Waals surface area contributed by atoms with E-state index in [9.17, 15) is 9.59 Å². The fourth-order valence-corrected chi connectivity index (χ4v) is 2.63. The van der Waals surface area contributed by atoms with Crippen LogP contribution in [0.2, 0.25) is 0 Å². The fourth-order valence-electron chi connectivity index (χ4n) is 2.63. The van der Waals surface area contributed by atoms with E-state index in [4.69, 9.17) is 0 Å². The van der Waals surface area contributed by atoms with Crippen LogP contribution in [0, 0.1) is 5.92 Å². The van der Waals surface area contributed by atoms with Crippen molar-refractivity contribution in [1.82, 2.24) is 10.1 Å². The number of carbonyl (C=O) groups is 2. The summed E-state index contributed by atoms with van der Waals surface area (Å²) in [6, 6.07) is 1.55. The van der Waals surface area contributed by atoms with Crippen molar-refractivity contribution in [3.8, 4) is 0 Å². The fraction of sp³-hybridized carbons (Fsp3) is 0.533. The molecule has 0 unspecified atom stereocenters. The molecule has 0 spiro atoms. The number of aromatic nitrogens is 1. The molecule has 0 saturated heterocycles. The zero-order valence-corrected chi connectivity index (χ0v) is 12.1. The van der Waals surface area contributed by atoms with Crippen LogP contribution in [0.5, 0.6) is 0 Å². The molecule has 1 aliphatic rings. The van der Waals surface area contributed by atoms with Gasteiger partial charge in [0.05, 0.1) is 0 Å². The van der Waals surface area contributed by atoms with Gasteiger partial charge in [-0.3, -0.25) is 9.59 Å². The average molecular weight is 291 g/mol. The molecular weight excluding hydrogens is 270 g/mol. The molecule has 1 aromatic heterocycles. The normalized spacial score (nSPS) is 15.4. The van der Waals surface area contributed by atoms with Crippen molar-refractivity contribution in [2.75, 3.05) is 18.4 Å². The number of carbonyl (C=O) groups excluding carboxylic acids is 2. The second kappa shape index (κ2) is 7.61. The monoisotopic (exact) mass is 291 g/mol. The maximum Gasteiger partial charge on any atom is 0.245 e. The second-order valence-corrected chi connectivity index (χ2v) is 5.28. The molecule has 0 aliphatic heterocycles. The van der Waals surface area contributed by atoms with Crippen LogP contribution < -0.4 is 5.32 Å². The third kappa shape index (κ3) is 4.44. The lowest BCUT2D eigenvalue weighted by molar-refractivity contribution is -0.138. The topological polar surface area (TPSA) is 75.4 Å². The van der Waals surface area contributed by atoms with Crippen LogP contribution in [0.15, 0.2) is 29.5 Å². The summed E-state index contributed by atoms with van der Waals surface area (Å²) < 4.78 is 4.65. The van der Waals surface area contributed by atoms with Crippen LogP contribution in [0.4, 0.5) is 5.82 Å². The van der Waals surface area contributed by atoms with Crippen molar-refractivity contribution in [1.29, 1.82) is 0 Å². The lowest BCUT2D eigenvalue weighted by Crippen LogP contribution is -2.42. The molecule has 1 N–H and O–H groups in total. The summed E-state index contributed by atoms with van der Waals surface area (Å²) >= 11 is 0. The largest absolute Gasteiger partial charge is 0.363 e. The molecular formula is C15H21N3O3. The van der Waals surface area contributed by atoms with Crippen molar-refractivity contribution < 1.29 is 14.1 Å². The van der Waals surface area contributed by atoms with Crippen LogP contribution >= 0.6 is 0 Å². The Morgan fingerprint density at radius 3 is 2.81 bits per heavy atom. The molecule has 1 aromatic rings.